The van der Waals surface area contributed by atoms with Crippen molar-refractivity contribution >= 4 is 23.3 Å². The van der Waals surface area contributed by atoms with Crippen molar-refractivity contribution in [3.8, 4) is 0 Å². The fraction of sp³-hybridized carbons (Fsp3) is 0.471. The monoisotopic (exact) mass is 355 g/mol. The van der Waals surface area contributed by atoms with Crippen molar-refractivity contribution in [3.63, 3.8) is 0 Å². The lowest BCUT2D eigenvalue weighted by molar-refractivity contribution is 0.0405. The van der Waals surface area contributed by atoms with Crippen LogP contribution in [0.3, 0.4) is 0 Å². The number of aromatic nitrogens is 1. The second-order valence-electron chi connectivity index (χ2n) is 6.28. The van der Waals surface area contributed by atoms with Crippen molar-refractivity contribution in [1.29, 1.82) is 0 Å². The minimum absolute atomic E-state index is 0. The molecule has 1 aliphatic heterocycles. The lowest BCUT2D eigenvalue weighted by atomic mass is 9.96. The van der Waals surface area contributed by atoms with Crippen molar-refractivity contribution in [2.45, 2.75) is 19.1 Å². The molecule has 0 spiro atoms. The molecule has 1 fully saturated rings. The van der Waals surface area contributed by atoms with E-state index in [4.69, 9.17) is 5.73 Å². The molecule has 0 unspecified atom stereocenters. The molecule has 0 amide bonds. The Bertz CT molecular complexity index is 752. The molecule has 132 valence electrons. The summed E-state index contributed by atoms with van der Waals surface area (Å²) in [5, 5.41) is 10.8. The molecule has 1 aromatic heterocycles. The van der Waals surface area contributed by atoms with E-state index >= 15 is 0 Å². The van der Waals surface area contributed by atoms with Gasteiger partial charge in [0.2, 0.25) is 0 Å². The van der Waals surface area contributed by atoms with Crippen molar-refractivity contribution in [3.05, 3.63) is 46.5 Å². The molecule has 5 nitrogen and oxygen atoms in total. The average molecular weight is 356 g/mol. The van der Waals surface area contributed by atoms with Crippen molar-refractivity contribution in [2.75, 3.05) is 26.2 Å². The topological polar surface area (TPSA) is 71.5 Å². The second-order valence-corrected chi connectivity index (χ2v) is 6.28. The number of benzene rings is 1. The highest BCUT2D eigenvalue weighted by atomic mass is 35.5. The molecule has 0 radical (unpaired) electrons. The number of piperidine rings is 1. The smallest absolute Gasteiger partial charge is 0.251 e. The molecule has 1 aliphatic rings. The predicted octanol–water partition coefficient (Wildman–Crippen LogP) is 1.20. The molecule has 0 bridgehead atoms. The third-order valence-electron chi connectivity index (χ3n) is 4.52. The van der Waals surface area contributed by atoms with Crippen molar-refractivity contribution in [2.24, 2.45) is 11.7 Å². The van der Waals surface area contributed by atoms with Crippen LogP contribution in [0.25, 0.3) is 10.9 Å². The fourth-order valence-electron chi connectivity index (χ4n) is 3.36. The van der Waals surface area contributed by atoms with Gasteiger partial charge in [-0.1, -0.05) is 0 Å². The fourth-order valence-corrected chi connectivity index (χ4v) is 3.36. The molecule has 0 aliphatic carbocycles. The van der Waals surface area contributed by atoms with Crippen molar-refractivity contribution < 1.29 is 9.50 Å². The minimum Gasteiger partial charge on any atom is -0.392 e. The van der Waals surface area contributed by atoms with Crippen LogP contribution in [0.4, 0.5) is 4.39 Å². The molecule has 2 aromatic rings. The van der Waals surface area contributed by atoms with E-state index in [0.717, 1.165) is 18.4 Å². The summed E-state index contributed by atoms with van der Waals surface area (Å²) in [6.07, 6.45) is 0.353. The SMILES string of the molecule is Cl.NC[C@@H]1C[C@H](O)CN(CCn2c(=O)ccc3ccc(F)cc32)C1. The van der Waals surface area contributed by atoms with Gasteiger partial charge in [0, 0.05) is 32.2 Å². The van der Waals surface area contributed by atoms with Gasteiger partial charge in [0.1, 0.15) is 5.82 Å². The van der Waals surface area contributed by atoms with Crippen LogP contribution < -0.4 is 11.3 Å². The molecule has 1 saturated heterocycles. The molecule has 3 rings (SSSR count). The highest BCUT2D eigenvalue weighted by molar-refractivity contribution is 5.85. The van der Waals surface area contributed by atoms with E-state index in [1.165, 1.54) is 18.2 Å². The van der Waals surface area contributed by atoms with Gasteiger partial charge in [0.25, 0.3) is 5.56 Å². The Morgan fingerprint density at radius 3 is 2.71 bits per heavy atom. The van der Waals surface area contributed by atoms with Gasteiger partial charge in [-0.15, -0.1) is 12.4 Å². The van der Waals surface area contributed by atoms with Crippen molar-refractivity contribution in [1.82, 2.24) is 9.47 Å². The number of rotatable bonds is 4. The maximum Gasteiger partial charge on any atom is 0.251 e. The second kappa shape index (κ2) is 8.07. The van der Waals surface area contributed by atoms with E-state index in [1.54, 1.807) is 16.7 Å². The standard InChI is InChI=1S/C17H22FN3O2.ClH/c18-14-3-1-13-2-4-17(23)21(16(13)8-14)6-5-20-10-12(9-19)7-15(22)11-20;/h1-4,8,12,15,22H,5-7,9-11,19H2;1H/t12-,15-;/m0./s1. The maximum atomic E-state index is 13.5. The summed E-state index contributed by atoms with van der Waals surface area (Å²) in [6.45, 7) is 3.05. The number of likely N-dealkylation sites (tertiary alicyclic amines) is 1. The summed E-state index contributed by atoms with van der Waals surface area (Å²) in [5.41, 5.74) is 6.18. The summed E-state index contributed by atoms with van der Waals surface area (Å²) >= 11 is 0. The van der Waals surface area contributed by atoms with Crippen LogP contribution in [0.2, 0.25) is 0 Å². The Kier molecular flexibility index (Phi) is 6.34. The first kappa shape index (κ1) is 18.9. The number of hydrogen-bond acceptors (Lipinski definition) is 4. The maximum absolute atomic E-state index is 13.5. The largest absolute Gasteiger partial charge is 0.392 e. The van der Waals surface area contributed by atoms with Crippen LogP contribution in [-0.2, 0) is 6.54 Å². The third kappa shape index (κ3) is 4.13. The number of β-amino-alcohol motifs (C(OH)–C–C–N with tert-alkyl or cyclic N) is 1. The highest BCUT2D eigenvalue weighted by Gasteiger charge is 2.24. The quantitative estimate of drug-likeness (QED) is 0.864. The zero-order chi connectivity index (χ0) is 16.4. The summed E-state index contributed by atoms with van der Waals surface area (Å²) in [4.78, 5) is 14.3. The van der Waals surface area contributed by atoms with Gasteiger partial charge < -0.3 is 15.4 Å². The summed E-state index contributed by atoms with van der Waals surface area (Å²) in [5.74, 6) is -0.0751. The summed E-state index contributed by atoms with van der Waals surface area (Å²) < 4.78 is 15.1. The number of aliphatic hydroxyl groups is 1. The number of nitrogens with zero attached hydrogens (tertiary/aromatic N) is 2. The van der Waals surface area contributed by atoms with Gasteiger partial charge in [-0.3, -0.25) is 9.69 Å². The number of pyridine rings is 1. The molecule has 2 atom stereocenters. The Labute approximate surface area is 146 Å². The number of halogens is 2. The molecular weight excluding hydrogens is 333 g/mol. The zero-order valence-corrected chi connectivity index (χ0v) is 14.2. The first-order chi connectivity index (χ1) is 11.1. The lowest BCUT2D eigenvalue weighted by Gasteiger charge is -2.35. The Balaban J connectivity index is 0.00000208. The summed E-state index contributed by atoms with van der Waals surface area (Å²) in [7, 11) is 0. The minimum atomic E-state index is -0.376. The Morgan fingerprint density at radius 1 is 1.21 bits per heavy atom. The molecule has 0 saturated carbocycles. The van der Waals surface area contributed by atoms with E-state index in [-0.39, 0.29) is 35.8 Å². The lowest BCUT2D eigenvalue weighted by Crippen LogP contribution is -2.46. The van der Waals surface area contributed by atoms with Gasteiger partial charge in [0.05, 0.1) is 11.6 Å². The average Bonchev–Trinajstić information content (AvgIpc) is 2.53. The molecule has 24 heavy (non-hydrogen) atoms. The van der Waals surface area contributed by atoms with Gasteiger partial charge in [-0.05, 0) is 48.5 Å². The van der Waals surface area contributed by atoms with Crippen LogP contribution >= 0.6 is 12.4 Å². The normalized spacial score (nSPS) is 21.6. The van der Waals surface area contributed by atoms with Crippen LogP contribution in [0, 0.1) is 11.7 Å². The van der Waals surface area contributed by atoms with E-state index < -0.39 is 0 Å². The zero-order valence-electron chi connectivity index (χ0n) is 13.4. The van der Waals surface area contributed by atoms with E-state index in [0.29, 0.717) is 31.7 Å². The Hall–Kier alpha value is -1.47. The molecular formula is C17H23ClFN3O2. The molecule has 7 heteroatoms. The number of nitrogens with two attached hydrogens (primary N) is 1. The molecule has 3 N–H and O–H groups in total. The van der Waals surface area contributed by atoms with Gasteiger partial charge >= 0.3 is 0 Å². The Morgan fingerprint density at radius 2 is 1.96 bits per heavy atom. The predicted molar refractivity (Wildman–Crippen MR) is 95.0 cm³/mol. The van der Waals surface area contributed by atoms with Gasteiger partial charge in [0.15, 0.2) is 0 Å². The number of fused-ring (bicyclic) bond motifs is 1. The number of aliphatic hydroxyl groups excluding tert-OH is 1. The first-order valence-electron chi connectivity index (χ1n) is 7.96. The number of hydrogen-bond donors (Lipinski definition) is 2. The molecule has 2 heterocycles. The van der Waals surface area contributed by atoms with Gasteiger partial charge in [-0.2, -0.15) is 0 Å². The van der Waals surface area contributed by atoms with Crippen LogP contribution in [-0.4, -0.2) is 46.9 Å². The van der Waals surface area contributed by atoms with Crippen LogP contribution in [0.15, 0.2) is 35.1 Å². The highest BCUT2D eigenvalue weighted by Crippen LogP contribution is 2.17. The van der Waals surface area contributed by atoms with E-state index in [1.807, 2.05) is 0 Å². The van der Waals surface area contributed by atoms with Gasteiger partial charge in [-0.25, -0.2) is 4.39 Å². The van der Waals surface area contributed by atoms with Crippen LogP contribution in [0.1, 0.15) is 6.42 Å². The van der Waals surface area contributed by atoms with E-state index in [9.17, 15) is 14.3 Å². The molecule has 1 aromatic carbocycles. The van der Waals surface area contributed by atoms with E-state index in [2.05, 4.69) is 4.90 Å². The summed E-state index contributed by atoms with van der Waals surface area (Å²) in [6, 6.07) is 7.68. The third-order valence-corrected chi connectivity index (χ3v) is 4.52. The first-order valence-corrected chi connectivity index (χ1v) is 7.96. The van der Waals surface area contributed by atoms with Crippen LogP contribution in [0.5, 0.6) is 0 Å².